The average Bonchev–Trinajstić information content (AvgIpc) is 2.87. The molecular weight excluding hydrogens is 314 g/mol. The highest BCUT2D eigenvalue weighted by Crippen LogP contribution is 2.29. The normalized spacial score (nSPS) is 28.0. The minimum absolute atomic E-state index is 0.0909. The van der Waals surface area contributed by atoms with E-state index in [2.05, 4.69) is 32.7 Å². The van der Waals surface area contributed by atoms with Gasteiger partial charge in [0.1, 0.15) is 6.10 Å². The maximum Gasteiger partial charge on any atom is 0.101 e. The van der Waals surface area contributed by atoms with Crippen molar-refractivity contribution in [3.05, 3.63) is 0 Å². The first kappa shape index (κ1) is 22.9. The third-order valence-corrected chi connectivity index (χ3v) is 5.79. The lowest BCUT2D eigenvalue weighted by Crippen LogP contribution is -2.50. The molecule has 0 radical (unpaired) electrons. The lowest BCUT2D eigenvalue weighted by atomic mass is 10.0. The number of aliphatic hydroxyl groups is 2. The molecule has 1 rings (SSSR count). The summed E-state index contributed by atoms with van der Waals surface area (Å²) in [5, 5.41) is 20.8. The van der Waals surface area contributed by atoms with Crippen LogP contribution in [0.25, 0.3) is 0 Å². The van der Waals surface area contributed by atoms with Gasteiger partial charge in [-0.05, 0) is 26.8 Å². The van der Waals surface area contributed by atoms with Gasteiger partial charge in [-0.2, -0.15) is 0 Å². The quantitative estimate of drug-likeness (QED) is 0.459. The van der Waals surface area contributed by atoms with Crippen molar-refractivity contribution in [2.24, 2.45) is 0 Å². The monoisotopic (exact) mass is 357 g/mol. The number of rotatable bonds is 14. The zero-order valence-corrected chi connectivity index (χ0v) is 17.1. The van der Waals surface area contributed by atoms with Crippen molar-refractivity contribution in [1.29, 1.82) is 0 Å². The molecule has 0 spiro atoms. The second-order valence-electron chi connectivity index (χ2n) is 7.97. The fourth-order valence-electron chi connectivity index (χ4n) is 3.97. The summed E-state index contributed by atoms with van der Waals surface area (Å²) < 4.78 is 6.04. The Kier molecular flexibility index (Phi) is 12.0. The molecule has 0 saturated heterocycles. The molecule has 1 aliphatic carbocycles. The van der Waals surface area contributed by atoms with Gasteiger partial charge in [0.2, 0.25) is 0 Å². The van der Waals surface area contributed by atoms with Crippen LogP contribution in [0.5, 0.6) is 0 Å². The third-order valence-electron chi connectivity index (χ3n) is 5.79. The number of hydrogen-bond donors (Lipinski definition) is 2. The Bertz CT molecular complexity index is 326. The van der Waals surface area contributed by atoms with Crippen molar-refractivity contribution >= 4 is 0 Å². The molecule has 4 heteroatoms. The fraction of sp³-hybridized carbons (Fsp3) is 1.00. The molecule has 0 amide bonds. The Balaban J connectivity index is 2.43. The zero-order chi connectivity index (χ0) is 18.7. The number of ether oxygens (including phenoxy) is 1. The number of unbranched alkanes of at least 4 members (excludes halogenated alkanes) is 7. The molecule has 5 atom stereocenters. The summed E-state index contributed by atoms with van der Waals surface area (Å²) in [6, 6.07) is 0.310. The molecule has 0 aromatic rings. The molecule has 1 unspecified atom stereocenters. The van der Waals surface area contributed by atoms with Crippen molar-refractivity contribution in [2.45, 2.75) is 122 Å². The van der Waals surface area contributed by atoms with E-state index in [-0.39, 0.29) is 12.1 Å². The Labute approximate surface area is 155 Å². The second-order valence-corrected chi connectivity index (χ2v) is 7.97. The summed E-state index contributed by atoms with van der Waals surface area (Å²) in [5.41, 5.74) is 0. The highest BCUT2D eigenvalue weighted by Gasteiger charge is 2.45. The van der Waals surface area contributed by atoms with Crippen molar-refractivity contribution in [3.63, 3.8) is 0 Å². The van der Waals surface area contributed by atoms with E-state index in [9.17, 15) is 10.2 Å². The number of nitrogens with zero attached hydrogens (tertiary/aromatic N) is 1. The lowest BCUT2D eigenvalue weighted by Gasteiger charge is -2.36. The van der Waals surface area contributed by atoms with Crippen LogP contribution in [0.1, 0.15) is 91.4 Å². The van der Waals surface area contributed by atoms with Gasteiger partial charge in [0.15, 0.2) is 0 Å². The summed E-state index contributed by atoms with van der Waals surface area (Å²) >= 11 is 0. The van der Waals surface area contributed by atoms with Gasteiger partial charge in [-0.1, -0.05) is 65.2 Å². The van der Waals surface area contributed by atoms with Gasteiger partial charge in [0.05, 0.1) is 18.2 Å². The van der Waals surface area contributed by atoms with E-state index in [4.69, 9.17) is 4.74 Å². The summed E-state index contributed by atoms with van der Waals surface area (Å²) in [6.45, 7) is 7.37. The van der Waals surface area contributed by atoms with Crippen LogP contribution in [0.15, 0.2) is 0 Å². The summed E-state index contributed by atoms with van der Waals surface area (Å²) in [6.07, 6.45) is 11.3. The summed E-state index contributed by atoms with van der Waals surface area (Å²) in [4.78, 5) is 2.24. The Morgan fingerprint density at radius 2 is 1.52 bits per heavy atom. The molecule has 0 aliphatic heterocycles. The molecule has 1 saturated carbocycles. The largest absolute Gasteiger partial charge is 0.391 e. The fourth-order valence-corrected chi connectivity index (χ4v) is 3.97. The molecule has 25 heavy (non-hydrogen) atoms. The van der Waals surface area contributed by atoms with E-state index in [1.807, 2.05) is 0 Å². The predicted octanol–water partition coefficient (Wildman–Crippen LogP) is 4.13. The number of likely N-dealkylation sites (N-methyl/N-ethyl adjacent to an activating group) is 1. The van der Waals surface area contributed by atoms with Crippen LogP contribution in [0.4, 0.5) is 0 Å². The van der Waals surface area contributed by atoms with Crippen LogP contribution < -0.4 is 0 Å². The van der Waals surface area contributed by atoms with E-state index in [1.165, 1.54) is 51.4 Å². The Morgan fingerprint density at radius 1 is 0.920 bits per heavy atom. The van der Waals surface area contributed by atoms with E-state index in [0.717, 1.165) is 12.8 Å². The van der Waals surface area contributed by atoms with Gasteiger partial charge in [0.25, 0.3) is 0 Å². The van der Waals surface area contributed by atoms with E-state index in [0.29, 0.717) is 19.1 Å². The standard InChI is InChI=1S/C21H43NO3/c1-5-7-9-11-13-15-25-21-19(24)16-18(23)20(21)22(4)17(3)14-12-10-8-6-2/h17-21,23-24H,5-16H2,1-4H3/t17?,18-,19+,20+,21+/m0/s1. The first-order valence-corrected chi connectivity index (χ1v) is 10.7. The molecule has 0 aromatic heterocycles. The van der Waals surface area contributed by atoms with E-state index >= 15 is 0 Å². The van der Waals surface area contributed by atoms with Gasteiger partial charge in [0, 0.05) is 19.1 Å². The number of aliphatic hydroxyl groups excluding tert-OH is 2. The molecule has 0 bridgehead atoms. The van der Waals surface area contributed by atoms with Gasteiger partial charge in [-0.3, -0.25) is 4.90 Å². The Hall–Kier alpha value is -0.160. The molecule has 2 N–H and O–H groups in total. The smallest absolute Gasteiger partial charge is 0.101 e. The van der Waals surface area contributed by atoms with E-state index in [1.54, 1.807) is 0 Å². The van der Waals surface area contributed by atoms with Gasteiger partial charge in [-0.25, -0.2) is 0 Å². The lowest BCUT2D eigenvalue weighted by molar-refractivity contribution is -0.0661. The van der Waals surface area contributed by atoms with Crippen molar-refractivity contribution < 1.29 is 14.9 Å². The Morgan fingerprint density at radius 3 is 2.16 bits per heavy atom. The van der Waals surface area contributed by atoms with Crippen molar-refractivity contribution in [2.75, 3.05) is 13.7 Å². The highest BCUT2D eigenvalue weighted by molar-refractivity contribution is 4.99. The second kappa shape index (κ2) is 13.1. The predicted molar refractivity (Wildman–Crippen MR) is 105 cm³/mol. The molecule has 1 aliphatic rings. The van der Waals surface area contributed by atoms with Gasteiger partial charge < -0.3 is 14.9 Å². The minimum atomic E-state index is -0.551. The van der Waals surface area contributed by atoms with Gasteiger partial charge in [-0.15, -0.1) is 0 Å². The summed E-state index contributed by atoms with van der Waals surface area (Å²) in [7, 11) is 2.08. The molecule has 0 heterocycles. The summed E-state index contributed by atoms with van der Waals surface area (Å²) in [5.74, 6) is 0. The molecule has 150 valence electrons. The average molecular weight is 358 g/mol. The first-order valence-electron chi connectivity index (χ1n) is 10.7. The maximum absolute atomic E-state index is 10.4. The van der Waals surface area contributed by atoms with Crippen LogP contribution in [0.2, 0.25) is 0 Å². The van der Waals surface area contributed by atoms with Crippen LogP contribution >= 0.6 is 0 Å². The highest BCUT2D eigenvalue weighted by atomic mass is 16.5. The molecule has 4 nitrogen and oxygen atoms in total. The van der Waals surface area contributed by atoms with Crippen LogP contribution in [-0.4, -0.2) is 59.2 Å². The zero-order valence-electron chi connectivity index (χ0n) is 17.1. The minimum Gasteiger partial charge on any atom is -0.391 e. The SMILES string of the molecule is CCCCCCCO[C@H]1[C@H](N(C)C(C)CCCCCC)[C@@H](O)C[C@H]1O. The van der Waals surface area contributed by atoms with Crippen molar-refractivity contribution in [1.82, 2.24) is 4.90 Å². The van der Waals surface area contributed by atoms with E-state index < -0.39 is 12.2 Å². The van der Waals surface area contributed by atoms with Crippen LogP contribution in [0.3, 0.4) is 0 Å². The molecule has 0 aromatic carbocycles. The van der Waals surface area contributed by atoms with Crippen LogP contribution in [0, 0.1) is 0 Å². The van der Waals surface area contributed by atoms with Gasteiger partial charge >= 0.3 is 0 Å². The maximum atomic E-state index is 10.4. The molecule has 1 fully saturated rings. The molecular formula is C21H43NO3. The third kappa shape index (κ3) is 7.94. The van der Waals surface area contributed by atoms with Crippen LogP contribution in [-0.2, 0) is 4.74 Å². The first-order chi connectivity index (χ1) is 12.0. The number of hydrogen-bond acceptors (Lipinski definition) is 4. The topological polar surface area (TPSA) is 52.9 Å². The van der Waals surface area contributed by atoms with Crippen molar-refractivity contribution in [3.8, 4) is 0 Å².